The number of ether oxygens (including phenoxy) is 1. The van der Waals surface area contributed by atoms with E-state index in [-0.39, 0.29) is 5.91 Å². The van der Waals surface area contributed by atoms with Crippen molar-refractivity contribution in [2.24, 2.45) is 0 Å². The topological polar surface area (TPSA) is 38.3 Å². The second-order valence-corrected chi connectivity index (χ2v) is 4.97. The largest absolute Gasteiger partial charge is 0.480 e. The highest BCUT2D eigenvalue weighted by atomic mass is 79.9. The number of amides is 1. The highest BCUT2D eigenvalue weighted by molar-refractivity contribution is 9.10. The highest BCUT2D eigenvalue weighted by Gasteiger charge is 2.26. The maximum absolute atomic E-state index is 13.0. The monoisotopic (exact) mass is 301 g/mol. The van der Waals surface area contributed by atoms with Crippen LogP contribution in [0.4, 0.5) is 4.39 Å². The molecule has 0 bridgehead atoms. The van der Waals surface area contributed by atoms with Gasteiger partial charge in [-0.2, -0.15) is 0 Å². The molecule has 0 aliphatic heterocycles. The van der Waals surface area contributed by atoms with Crippen LogP contribution >= 0.6 is 15.9 Å². The Bertz CT molecular complexity index is 435. The van der Waals surface area contributed by atoms with E-state index >= 15 is 0 Å². The average Bonchev–Trinajstić information content (AvgIpc) is 3.07. The first-order valence-electron chi connectivity index (χ1n) is 5.48. The van der Waals surface area contributed by atoms with Crippen molar-refractivity contribution in [3.63, 3.8) is 0 Å². The molecule has 1 N–H and O–H groups in total. The van der Waals surface area contributed by atoms with Gasteiger partial charge in [-0.15, -0.1) is 0 Å². The molecule has 1 atom stereocenters. The first-order valence-corrected chi connectivity index (χ1v) is 6.27. The number of hydrogen-bond donors (Lipinski definition) is 1. The molecular formula is C12H13BrFNO2. The fraction of sp³-hybridized carbons (Fsp3) is 0.417. The number of carbonyl (C=O) groups is 1. The number of benzene rings is 1. The van der Waals surface area contributed by atoms with E-state index in [9.17, 15) is 9.18 Å². The summed E-state index contributed by atoms with van der Waals surface area (Å²) in [4.78, 5) is 11.6. The predicted molar refractivity (Wildman–Crippen MR) is 65.4 cm³/mol. The van der Waals surface area contributed by atoms with Gasteiger partial charge in [-0.05, 0) is 47.8 Å². The summed E-state index contributed by atoms with van der Waals surface area (Å²) >= 11 is 3.25. The van der Waals surface area contributed by atoms with Crippen LogP contribution in [-0.2, 0) is 4.79 Å². The number of carbonyl (C=O) groups excluding carboxylic acids is 1. The number of nitrogens with one attached hydrogen (secondary N) is 1. The van der Waals surface area contributed by atoms with Crippen molar-refractivity contribution in [3.05, 3.63) is 28.5 Å². The molecule has 3 nitrogen and oxygen atoms in total. The maximum atomic E-state index is 13.0. The first kappa shape index (κ1) is 12.4. The summed E-state index contributed by atoms with van der Waals surface area (Å²) < 4.78 is 19.1. The molecule has 0 spiro atoms. The lowest BCUT2D eigenvalue weighted by Gasteiger charge is -2.15. The van der Waals surface area contributed by atoms with Gasteiger partial charge in [-0.1, -0.05) is 0 Å². The van der Waals surface area contributed by atoms with Gasteiger partial charge in [-0.3, -0.25) is 4.79 Å². The smallest absolute Gasteiger partial charge is 0.260 e. The quantitative estimate of drug-likeness (QED) is 0.928. The van der Waals surface area contributed by atoms with Gasteiger partial charge in [0, 0.05) is 12.1 Å². The molecule has 0 aromatic heterocycles. The fourth-order valence-electron chi connectivity index (χ4n) is 1.36. The van der Waals surface area contributed by atoms with Crippen LogP contribution in [0.5, 0.6) is 5.75 Å². The van der Waals surface area contributed by atoms with Crippen molar-refractivity contribution >= 4 is 21.8 Å². The van der Waals surface area contributed by atoms with Gasteiger partial charge >= 0.3 is 0 Å². The Hall–Kier alpha value is -1.10. The summed E-state index contributed by atoms with van der Waals surface area (Å²) in [6.45, 7) is 1.65. The van der Waals surface area contributed by atoms with Crippen LogP contribution in [0.3, 0.4) is 0 Å². The molecule has 0 radical (unpaired) electrons. The fourth-order valence-corrected chi connectivity index (χ4v) is 1.70. The van der Waals surface area contributed by atoms with Gasteiger partial charge in [-0.25, -0.2) is 4.39 Å². The number of halogens is 2. The lowest BCUT2D eigenvalue weighted by Crippen LogP contribution is -2.37. The Kier molecular flexibility index (Phi) is 3.66. The van der Waals surface area contributed by atoms with Crippen molar-refractivity contribution < 1.29 is 13.9 Å². The van der Waals surface area contributed by atoms with Crippen molar-refractivity contribution in [1.29, 1.82) is 0 Å². The van der Waals surface area contributed by atoms with E-state index in [4.69, 9.17) is 4.74 Å². The van der Waals surface area contributed by atoms with Crippen LogP contribution in [0.2, 0.25) is 0 Å². The molecule has 1 aromatic carbocycles. The van der Waals surface area contributed by atoms with Crippen LogP contribution in [-0.4, -0.2) is 18.1 Å². The van der Waals surface area contributed by atoms with Crippen LogP contribution in [0.15, 0.2) is 22.7 Å². The number of rotatable bonds is 4. The minimum absolute atomic E-state index is 0.163. The molecule has 1 unspecified atom stereocenters. The van der Waals surface area contributed by atoms with E-state index in [0.29, 0.717) is 16.3 Å². The van der Waals surface area contributed by atoms with Crippen molar-refractivity contribution in [1.82, 2.24) is 5.32 Å². The standard InChI is InChI=1S/C12H13BrFNO2/c1-7(12(16)15-9-3-4-9)17-11-6-8(14)2-5-10(11)13/h2,5-7,9H,3-4H2,1H3,(H,15,16). The molecule has 1 amide bonds. The normalized spacial score (nSPS) is 16.4. The summed E-state index contributed by atoms with van der Waals surface area (Å²) in [5.74, 6) is -0.217. The molecule has 0 saturated heterocycles. The van der Waals surface area contributed by atoms with Gasteiger partial charge < -0.3 is 10.1 Å². The summed E-state index contributed by atoms with van der Waals surface area (Å²) in [6.07, 6.45) is 1.43. The second kappa shape index (κ2) is 5.04. The Balaban J connectivity index is 1.98. The SMILES string of the molecule is CC(Oc1cc(F)ccc1Br)C(=O)NC1CC1. The first-order chi connectivity index (χ1) is 8.06. The summed E-state index contributed by atoms with van der Waals surface area (Å²) in [5, 5.41) is 2.83. The molecule has 2 rings (SSSR count). The van der Waals surface area contributed by atoms with E-state index in [1.165, 1.54) is 12.1 Å². The molecule has 1 saturated carbocycles. The molecule has 1 fully saturated rings. The Morgan fingerprint density at radius 1 is 1.59 bits per heavy atom. The highest BCUT2D eigenvalue weighted by Crippen LogP contribution is 2.26. The van der Waals surface area contributed by atoms with Gasteiger partial charge in [0.1, 0.15) is 11.6 Å². The third-order valence-corrected chi connectivity index (χ3v) is 3.15. The lowest BCUT2D eigenvalue weighted by molar-refractivity contribution is -0.127. The van der Waals surface area contributed by atoms with E-state index in [1.54, 1.807) is 13.0 Å². The minimum Gasteiger partial charge on any atom is -0.480 e. The number of hydrogen-bond acceptors (Lipinski definition) is 2. The van der Waals surface area contributed by atoms with E-state index in [2.05, 4.69) is 21.2 Å². The molecule has 1 aliphatic carbocycles. The zero-order valence-corrected chi connectivity index (χ0v) is 11.0. The third kappa shape index (κ3) is 3.43. The molecule has 17 heavy (non-hydrogen) atoms. The molecule has 1 aromatic rings. The van der Waals surface area contributed by atoms with Gasteiger partial charge in [0.05, 0.1) is 4.47 Å². The van der Waals surface area contributed by atoms with E-state index in [1.807, 2.05) is 0 Å². The molecule has 92 valence electrons. The van der Waals surface area contributed by atoms with Crippen molar-refractivity contribution in [3.8, 4) is 5.75 Å². The molecule has 5 heteroatoms. The van der Waals surface area contributed by atoms with Gasteiger partial charge in [0.15, 0.2) is 6.10 Å². The predicted octanol–water partition coefficient (Wildman–Crippen LogP) is 2.63. The van der Waals surface area contributed by atoms with Crippen LogP contribution < -0.4 is 10.1 Å². The van der Waals surface area contributed by atoms with E-state index in [0.717, 1.165) is 12.8 Å². The van der Waals surface area contributed by atoms with Crippen molar-refractivity contribution in [2.75, 3.05) is 0 Å². The lowest BCUT2D eigenvalue weighted by atomic mass is 10.3. The molecule has 1 aliphatic rings. The minimum atomic E-state index is -0.631. The summed E-state index contributed by atoms with van der Waals surface area (Å²) in [7, 11) is 0. The Morgan fingerprint density at radius 3 is 2.94 bits per heavy atom. The Morgan fingerprint density at radius 2 is 2.29 bits per heavy atom. The summed E-state index contributed by atoms with van der Waals surface area (Å²) in [5.41, 5.74) is 0. The third-order valence-electron chi connectivity index (χ3n) is 2.49. The van der Waals surface area contributed by atoms with Crippen LogP contribution in [0.1, 0.15) is 19.8 Å². The van der Waals surface area contributed by atoms with Crippen molar-refractivity contribution in [2.45, 2.75) is 31.9 Å². The summed E-state index contributed by atoms with van der Waals surface area (Å²) in [6, 6.07) is 4.43. The van der Waals surface area contributed by atoms with Crippen LogP contribution in [0, 0.1) is 5.82 Å². The zero-order valence-electron chi connectivity index (χ0n) is 9.37. The average molecular weight is 302 g/mol. The van der Waals surface area contributed by atoms with Crippen LogP contribution in [0.25, 0.3) is 0 Å². The molecular weight excluding hydrogens is 289 g/mol. The Labute approximate surface area is 107 Å². The van der Waals surface area contributed by atoms with Gasteiger partial charge in [0.25, 0.3) is 5.91 Å². The molecule has 0 heterocycles. The van der Waals surface area contributed by atoms with Gasteiger partial charge in [0.2, 0.25) is 0 Å². The maximum Gasteiger partial charge on any atom is 0.260 e. The second-order valence-electron chi connectivity index (χ2n) is 4.12. The zero-order chi connectivity index (χ0) is 12.4. The van der Waals surface area contributed by atoms with E-state index < -0.39 is 11.9 Å².